The van der Waals surface area contributed by atoms with Crippen LogP contribution in [0.15, 0.2) is 18.2 Å². The Kier molecular flexibility index (Phi) is 4.66. The summed E-state index contributed by atoms with van der Waals surface area (Å²) in [6.45, 7) is 3.22. The van der Waals surface area contributed by atoms with Crippen molar-refractivity contribution in [2.24, 2.45) is 5.92 Å². The number of hydrogen-bond acceptors (Lipinski definition) is 3. The van der Waals surface area contributed by atoms with Crippen LogP contribution in [-0.4, -0.2) is 19.1 Å². The molecule has 0 heterocycles. The van der Waals surface area contributed by atoms with Crippen LogP contribution in [0.2, 0.25) is 0 Å². The second-order valence-electron chi connectivity index (χ2n) is 5.03. The third kappa shape index (κ3) is 3.63. The van der Waals surface area contributed by atoms with Gasteiger partial charge in [-0.25, -0.2) is 0 Å². The highest BCUT2D eigenvalue weighted by atomic mass is 16.5. The molecule has 1 aliphatic carbocycles. The quantitative estimate of drug-likeness (QED) is 0.774. The Balaban J connectivity index is 1.85. The highest BCUT2D eigenvalue weighted by Gasteiger charge is 2.17. The van der Waals surface area contributed by atoms with Gasteiger partial charge in [0.05, 0.1) is 12.3 Å². The van der Waals surface area contributed by atoms with E-state index in [4.69, 9.17) is 10.5 Å². The average molecular weight is 262 g/mol. The van der Waals surface area contributed by atoms with Crippen molar-refractivity contribution >= 4 is 11.6 Å². The molecule has 1 aliphatic rings. The summed E-state index contributed by atoms with van der Waals surface area (Å²) in [7, 11) is 0. The Labute approximate surface area is 114 Å². The fraction of sp³-hybridized carbons (Fsp3) is 0.533. The molecule has 1 aromatic rings. The molecule has 19 heavy (non-hydrogen) atoms. The maximum absolute atomic E-state index is 11.9. The number of benzene rings is 1. The van der Waals surface area contributed by atoms with E-state index in [0.717, 1.165) is 18.9 Å². The minimum Gasteiger partial charge on any atom is -0.492 e. The van der Waals surface area contributed by atoms with Gasteiger partial charge in [0.1, 0.15) is 5.75 Å². The number of carbonyl (C=O) groups excluding carboxylic acids is 1. The van der Waals surface area contributed by atoms with Crippen LogP contribution in [0.25, 0.3) is 0 Å². The summed E-state index contributed by atoms with van der Waals surface area (Å²) in [6, 6.07) is 5.17. The van der Waals surface area contributed by atoms with E-state index in [1.54, 1.807) is 18.2 Å². The number of anilines is 1. The van der Waals surface area contributed by atoms with Crippen molar-refractivity contribution in [3.05, 3.63) is 23.8 Å². The molecule has 0 aliphatic heterocycles. The molecule has 0 atom stereocenters. The molecule has 0 unspecified atom stereocenters. The molecule has 1 fully saturated rings. The molecular formula is C15H22N2O2. The molecular weight excluding hydrogens is 240 g/mol. The van der Waals surface area contributed by atoms with Gasteiger partial charge < -0.3 is 15.8 Å². The summed E-state index contributed by atoms with van der Waals surface area (Å²) >= 11 is 0. The van der Waals surface area contributed by atoms with E-state index in [1.807, 2.05) is 6.92 Å². The van der Waals surface area contributed by atoms with Crippen LogP contribution in [0.3, 0.4) is 0 Å². The number of ether oxygens (including phenoxy) is 1. The van der Waals surface area contributed by atoms with Crippen molar-refractivity contribution < 1.29 is 9.53 Å². The fourth-order valence-corrected chi connectivity index (χ4v) is 2.25. The Morgan fingerprint density at radius 3 is 2.84 bits per heavy atom. The van der Waals surface area contributed by atoms with E-state index < -0.39 is 0 Å². The smallest absolute Gasteiger partial charge is 0.251 e. The summed E-state index contributed by atoms with van der Waals surface area (Å²) in [4.78, 5) is 11.9. The van der Waals surface area contributed by atoms with Gasteiger partial charge in [-0.15, -0.1) is 0 Å². The van der Waals surface area contributed by atoms with Gasteiger partial charge in [-0.1, -0.05) is 19.3 Å². The van der Waals surface area contributed by atoms with Crippen LogP contribution in [0.1, 0.15) is 43.0 Å². The van der Waals surface area contributed by atoms with E-state index >= 15 is 0 Å². The molecule has 1 amide bonds. The lowest BCUT2D eigenvalue weighted by Crippen LogP contribution is -2.27. The Hall–Kier alpha value is -1.71. The molecule has 4 nitrogen and oxygen atoms in total. The van der Waals surface area contributed by atoms with E-state index in [2.05, 4.69) is 5.32 Å². The van der Waals surface area contributed by atoms with Crippen molar-refractivity contribution in [2.45, 2.75) is 32.6 Å². The monoisotopic (exact) mass is 262 g/mol. The van der Waals surface area contributed by atoms with Crippen LogP contribution in [0.5, 0.6) is 5.75 Å². The number of hydrogen-bond donors (Lipinski definition) is 2. The highest BCUT2D eigenvalue weighted by molar-refractivity contribution is 5.95. The van der Waals surface area contributed by atoms with Gasteiger partial charge in [0, 0.05) is 12.1 Å². The number of carbonyl (C=O) groups is 1. The first-order valence-electron chi connectivity index (χ1n) is 7.01. The molecule has 0 radical (unpaired) electrons. The number of nitrogens with two attached hydrogens (primary N) is 1. The maximum Gasteiger partial charge on any atom is 0.251 e. The van der Waals surface area contributed by atoms with Gasteiger partial charge in [-0.2, -0.15) is 0 Å². The molecule has 0 bridgehead atoms. The Bertz CT molecular complexity index is 442. The number of amides is 1. The predicted octanol–water partition coefficient (Wildman–Crippen LogP) is 2.59. The summed E-state index contributed by atoms with van der Waals surface area (Å²) in [5.74, 6) is 1.38. The summed E-state index contributed by atoms with van der Waals surface area (Å²) in [5.41, 5.74) is 6.95. The van der Waals surface area contributed by atoms with Gasteiger partial charge in [0.15, 0.2) is 0 Å². The largest absolute Gasteiger partial charge is 0.492 e. The Morgan fingerprint density at radius 1 is 1.47 bits per heavy atom. The predicted molar refractivity (Wildman–Crippen MR) is 76.3 cm³/mol. The number of nitrogens with one attached hydrogen (secondary N) is 1. The first-order chi connectivity index (χ1) is 9.20. The minimum atomic E-state index is -0.0610. The van der Waals surface area contributed by atoms with Crippen LogP contribution in [-0.2, 0) is 0 Å². The van der Waals surface area contributed by atoms with Crippen molar-refractivity contribution in [1.82, 2.24) is 5.32 Å². The zero-order valence-electron chi connectivity index (χ0n) is 11.4. The normalized spacial score (nSPS) is 14.8. The molecule has 4 heteroatoms. The van der Waals surface area contributed by atoms with Gasteiger partial charge in [-0.05, 0) is 37.5 Å². The van der Waals surface area contributed by atoms with Crippen LogP contribution in [0.4, 0.5) is 5.69 Å². The fourth-order valence-electron chi connectivity index (χ4n) is 2.25. The van der Waals surface area contributed by atoms with E-state index in [9.17, 15) is 4.79 Å². The SMILES string of the molecule is CCOc1ccc(C(=O)NCCC2CCC2)cc1N. The summed E-state index contributed by atoms with van der Waals surface area (Å²) < 4.78 is 5.35. The second kappa shape index (κ2) is 6.45. The topological polar surface area (TPSA) is 64.3 Å². The Morgan fingerprint density at radius 2 is 2.26 bits per heavy atom. The van der Waals surface area contributed by atoms with Gasteiger partial charge in [0.25, 0.3) is 5.91 Å². The number of rotatable bonds is 6. The molecule has 1 saturated carbocycles. The third-order valence-corrected chi connectivity index (χ3v) is 3.63. The first-order valence-corrected chi connectivity index (χ1v) is 7.01. The molecule has 0 aromatic heterocycles. The molecule has 1 aromatic carbocycles. The number of nitrogen functional groups attached to an aromatic ring is 1. The minimum absolute atomic E-state index is 0.0610. The molecule has 104 valence electrons. The molecule has 3 N–H and O–H groups in total. The van der Waals surface area contributed by atoms with Gasteiger partial charge in [0.2, 0.25) is 0 Å². The standard InChI is InChI=1S/C15H22N2O2/c1-2-19-14-7-6-12(10-13(14)16)15(18)17-9-8-11-4-3-5-11/h6-7,10-11H,2-5,8-9,16H2,1H3,(H,17,18). The molecule has 0 spiro atoms. The third-order valence-electron chi connectivity index (χ3n) is 3.63. The highest BCUT2D eigenvalue weighted by Crippen LogP contribution is 2.28. The van der Waals surface area contributed by atoms with Crippen LogP contribution in [0, 0.1) is 5.92 Å². The molecule has 0 saturated heterocycles. The van der Waals surface area contributed by atoms with Gasteiger partial charge in [-0.3, -0.25) is 4.79 Å². The maximum atomic E-state index is 11.9. The lowest BCUT2D eigenvalue weighted by atomic mass is 9.83. The van der Waals surface area contributed by atoms with Crippen molar-refractivity contribution in [3.8, 4) is 5.75 Å². The van der Waals surface area contributed by atoms with Crippen LogP contribution < -0.4 is 15.8 Å². The average Bonchev–Trinajstić information content (AvgIpc) is 2.35. The van der Waals surface area contributed by atoms with Gasteiger partial charge >= 0.3 is 0 Å². The summed E-state index contributed by atoms with van der Waals surface area (Å²) in [5, 5.41) is 2.94. The van der Waals surface area contributed by atoms with E-state index in [-0.39, 0.29) is 5.91 Å². The summed E-state index contributed by atoms with van der Waals surface area (Å²) in [6.07, 6.45) is 5.05. The van der Waals surface area contributed by atoms with E-state index in [0.29, 0.717) is 23.6 Å². The van der Waals surface area contributed by atoms with Crippen LogP contribution >= 0.6 is 0 Å². The molecule has 2 rings (SSSR count). The lowest BCUT2D eigenvalue weighted by molar-refractivity contribution is 0.0949. The first kappa shape index (κ1) is 13.7. The second-order valence-corrected chi connectivity index (χ2v) is 5.03. The van der Waals surface area contributed by atoms with Crippen molar-refractivity contribution in [2.75, 3.05) is 18.9 Å². The van der Waals surface area contributed by atoms with Crippen molar-refractivity contribution in [3.63, 3.8) is 0 Å². The zero-order chi connectivity index (χ0) is 13.7. The van der Waals surface area contributed by atoms with Crippen molar-refractivity contribution in [1.29, 1.82) is 0 Å². The van der Waals surface area contributed by atoms with E-state index in [1.165, 1.54) is 19.3 Å². The zero-order valence-corrected chi connectivity index (χ0v) is 11.4. The lowest BCUT2D eigenvalue weighted by Gasteiger charge is -2.25.